The fourth-order valence-electron chi connectivity index (χ4n) is 3.32. The molecule has 2 amide bonds. The van der Waals surface area contributed by atoms with Crippen LogP contribution in [-0.4, -0.2) is 35.9 Å². The van der Waals surface area contributed by atoms with E-state index < -0.39 is 0 Å². The van der Waals surface area contributed by atoms with Crippen molar-refractivity contribution in [2.24, 2.45) is 0 Å². The standard InChI is InChI=1S/C17H24N2O3/c20-14-8-6-13(7-9-14)18-17(21)19-15-10-11-22-16(15)12-4-2-1-3-5-12/h1-5,13-16,20H,6-11H2,(H2,18,19,21). The van der Waals surface area contributed by atoms with Gasteiger partial charge >= 0.3 is 6.03 Å². The molecule has 0 bridgehead atoms. The number of nitrogens with one attached hydrogen (secondary N) is 2. The predicted molar refractivity (Wildman–Crippen MR) is 83.5 cm³/mol. The lowest BCUT2D eigenvalue weighted by atomic mass is 9.93. The Kier molecular flexibility index (Phi) is 4.95. The van der Waals surface area contributed by atoms with E-state index in [0.29, 0.717) is 6.61 Å². The molecule has 3 N–H and O–H groups in total. The molecule has 5 heteroatoms. The Hall–Kier alpha value is -1.59. The van der Waals surface area contributed by atoms with Crippen LogP contribution in [0.1, 0.15) is 43.8 Å². The van der Waals surface area contributed by atoms with Crippen LogP contribution >= 0.6 is 0 Å². The van der Waals surface area contributed by atoms with Crippen LogP contribution in [0.25, 0.3) is 0 Å². The molecule has 1 saturated carbocycles. The van der Waals surface area contributed by atoms with Crippen LogP contribution in [0.2, 0.25) is 0 Å². The van der Waals surface area contributed by atoms with E-state index in [-0.39, 0.29) is 30.3 Å². The van der Waals surface area contributed by atoms with Gasteiger partial charge in [-0.2, -0.15) is 0 Å². The third kappa shape index (κ3) is 3.78. The molecule has 1 aliphatic heterocycles. The van der Waals surface area contributed by atoms with Crippen molar-refractivity contribution in [3.8, 4) is 0 Å². The molecule has 2 fully saturated rings. The largest absolute Gasteiger partial charge is 0.393 e. The quantitative estimate of drug-likeness (QED) is 0.801. The highest BCUT2D eigenvalue weighted by molar-refractivity contribution is 5.74. The Morgan fingerprint density at radius 1 is 1.05 bits per heavy atom. The van der Waals surface area contributed by atoms with Gasteiger partial charge in [-0.05, 0) is 37.7 Å². The molecule has 1 aliphatic carbocycles. The summed E-state index contributed by atoms with van der Waals surface area (Å²) in [6.07, 6.45) is 3.78. The molecular weight excluding hydrogens is 280 g/mol. The van der Waals surface area contributed by atoms with E-state index in [4.69, 9.17) is 4.74 Å². The van der Waals surface area contributed by atoms with Gasteiger partial charge in [0.15, 0.2) is 0 Å². The average Bonchev–Trinajstić information content (AvgIpc) is 2.98. The number of ether oxygens (including phenoxy) is 1. The molecule has 0 radical (unpaired) electrons. The molecule has 2 atom stereocenters. The second-order valence-electron chi connectivity index (χ2n) is 6.22. The topological polar surface area (TPSA) is 70.6 Å². The van der Waals surface area contributed by atoms with Crippen LogP contribution < -0.4 is 10.6 Å². The van der Waals surface area contributed by atoms with Gasteiger partial charge < -0.3 is 20.5 Å². The van der Waals surface area contributed by atoms with Crippen LogP contribution in [0.5, 0.6) is 0 Å². The minimum Gasteiger partial charge on any atom is -0.393 e. The summed E-state index contributed by atoms with van der Waals surface area (Å²) in [5.41, 5.74) is 1.10. The maximum Gasteiger partial charge on any atom is 0.315 e. The lowest BCUT2D eigenvalue weighted by Crippen LogP contribution is -2.48. The van der Waals surface area contributed by atoms with Crippen molar-refractivity contribution in [2.75, 3.05) is 6.61 Å². The van der Waals surface area contributed by atoms with Crippen molar-refractivity contribution in [2.45, 2.75) is 56.4 Å². The molecule has 0 aromatic heterocycles. The first kappa shape index (κ1) is 15.3. The Morgan fingerprint density at radius 3 is 2.50 bits per heavy atom. The number of urea groups is 1. The number of carbonyl (C=O) groups is 1. The van der Waals surface area contributed by atoms with E-state index in [2.05, 4.69) is 10.6 Å². The number of amides is 2. The number of aliphatic hydroxyl groups is 1. The molecule has 2 unspecified atom stereocenters. The van der Waals surface area contributed by atoms with Gasteiger partial charge in [0, 0.05) is 12.6 Å². The molecule has 22 heavy (non-hydrogen) atoms. The average molecular weight is 304 g/mol. The zero-order valence-electron chi connectivity index (χ0n) is 12.7. The first-order valence-corrected chi connectivity index (χ1v) is 8.14. The van der Waals surface area contributed by atoms with E-state index in [1.54, 1.807) is 0 Å². The van der Waals surface area contributed by atoms with E-state index in [9.17, 15) is 9.90 Å². The van der Waals surface area contributed by atoms with Crippen molar-refractivity contribution in [3.63, 3.8) is 0 Å². The van der Waals surface area contributed by atoms with E-state index in [1.165, 1.54) is 0 Å². The van der Waals surface area contributed by atoms with Crippen LogP contribution in [-0.2, 0) is 4.74 Å². The number of benzene rings is 1. The summed E-state index contributed by atoms with van der Waals surface area (Å²) in [7, 11) is 0. The maximum atomic E-state index is 12.2. The highest BCUT2D eigenvalue weighted by atomic mass is 16.5. The Morgan fingerprint density at radius 2 is 1.77 bits per heavy atom. The molecule has 5 nitrogen and oxygen atoms in total. The zero-order valence-corrected chi connectivity index (χ0v) is 12.7. The highest BCUT2D eigenvalue weighted by Crippen LogP contribution is 2.29. The summed E-state index contributed by atoms with van der Waals surface area (Å²) in [6.45, 7) is 0.667. The maximum absolute atomic E-state index is 12.2. The summed E-state index contributed by atoms with van der Waals surface area (Å²) < 4.78 is 5.78. The fraction of sp³-hybridized carbons (Fsp3) is 0.588. The number of aliphatic hydroxyl groups excluding tert-OH is 1. The van der Waals surface area contributed by atoms with Gasteiger partial charge in [0.2, 0.25) is 0 Å². The Labute approximate surface area is 131 Å². The van der Waals surface area contributed by atoms with Gasteiger partial charge in [-0.15, -0.1) is 0 Å². The number of hydrogen-bond donors (Lipinski definition) is 3. The Balaban J connectivity index is 1.52. The minimum atomic E-state index is -0.202. The normalized spacial score (nSPS) is 31.7. The smallest absolute Gasteiger partial charge is 0.315 e. The van der Waals surface area contributed by atoms with Crippen LogP contribution in [0.15, 0.2) is 30.3 Å². The van der Waals surface area contributed by atoms with Crippen LogP contribution in [0.3, 0.4) is 0 Å². The van der Waals surface area contributed by atoms with Crippen molar-refractivity contribution >= 4 is 6.03 Å². The molecule has 1 saturated heterocycles. The van der Waals surface area contributed by atoms with Gasteiger partial charge in [-0.1, -0.05) is 30.3 Å². The number of rotatable bonds is 3. The third-order valence-corrected chi connectivity index (χ3v) is 4.57. The van der Waals surface area contributed by atoms with E-state index in [0.717, 1.165) is 37.7 Å². The summed E-state index contributed by atoms with van der Waals surface area (Å²) in [4.78, 5) is 12.2. The van der Waals surface area contributed by atoms with Crippen LogP contribution in [0.4, 0.5) is 4.79 Å². The molecule has 2 aliphatic rings. The molecule has 120 valence electrons. The van der Waals surface area contributed by atoms with Crippen molar-refractivity contribution in [1.82, 2.24) is 10.6 Å². The molecule has 3 rings (SSSR count). The SMILES string of the molecule is O=C(NC1CCC(O)CC1)NC1CCOC1c1ccccc1. The molecule has 1 aromatic carbocycles. The van der Waals surface area contributed by atoms with Crippen molar-refractivity contribution in [1.29, 1.82) is 0 Å². The zero-order chi connectivity index (χ0) is 15.4. The summed E-state index contributed by atoms with van der Waals surface area (Å²) in [6, 6.07) is 10.1. The highest BCUT2D eigenvalue weighted by Gasteiger charge is 2.31. The second-order valence-corrected chi connectivity index (χ2v) is 6.22. The van der Waals surface area contributed by atoms with Crippen LogP contribution in [0, 0.1) is 0 Å². The van der Waals surface area contributed by atoms with E-state index in [1.807, 2.05) is 30.3 Å². The summed E-state index contributed by atoms with van der Waals surface area (Å²) in [5, 5.41) is 15.6. The predicted octanol–water partition coefficient (Wildman–Crippen LogP) is 2.12. The van der Waals surface area contributed by atoms with Gasteiger partial charge in [0.05, 0.1) is 12.1 Å². The lowest BCUT2D eigenvalue weighted by Gasteiger charge is -2.27. The minimum absolute atomic E-state index is 0.0107. The Bertz CT molecular complexity index is 486. The number of carbonyl (C=O) groups excluding carboxylic acids is 1. The molecule has 1 aromatic rings. The number of hydrogen-bond acceptors (Lipinski definition) is 3. The van der Waals surface area contributed by atoms with Crippen molar-refractivity contribution < 1.29 is 14.6 Å². The van der Waals surface area contributed by atoms with E-state index >= 15 is 0 Å². The first-order valence-electron chi connectivity index (χ1n) is 8.14. The molecular formula is C17H24N2O3. The second kappa shape index (κ2) is 7.11. The van der Waals surface area contributed by atoms with Crippen molar-refractivity contribution in [3.05, 3.63) is 35.9 Å². The fourth-order valence-corrected chi connectivity index (χ4v) is 3.32. The van der Waals surface area contributed by atoms with Gasteiger partial charge in [-0.25, -0.2) is 4.79 Å². The van der Waals surface area contributed by atoms with Gasteiger partial charge in [0.1, 0.15) is 6.10 Å². The molecule has 0 spiro atoms. The molecule has 1 heterocycles. The third-order valence-electron chi connectivity index (χ3n) is 4.57. The summed E-state index contributed by atoms with van der Waals surface area (Å²) >= 11 is 0. The monoisotopic (exact) mass is 304 g/mol. The first-order chi connectivity index (χ1) is 10.7. The van der Waals surface area contributed by atoms with Gasteiger partial charge in [0.25, 0.3) is 0 Å². The van der Waals surface area contributed by atoms with Gasteiger partial charge in [-0.3, -0.25) is 0 Å². The summed E-state index contributed by atoms with van der Waals surface area (Å²) in [5.74, 6) is 0. The lowest BCUT2D eigenvalue weighted by molar-refractivity contribution is 0.0989.